The highest BCUT2D eigenvalue weighted by atomic mass is 35.5. The molecule has 23 nitrogen and oxygen atoms in total. The van der Waals surface area contributed by atoms with E-state index in [-0.39, 0.29) is 76.3 Å². The topological polar surface area (TPSA) is 277 Å². The maximum absolute atomic E-state index is 13.0. The lowest BCUT2D eigenvalue weighted by molar-refractivity contribution is -0.131. The Balaban J connectivity index is 0.000000214. The van der Waals surface area contributed by atoms with Gasteiger partial charge in [-0.05, 0) is 117 Å². The van der Waals surface area contributed by atoms with Crippen LogP contribution >= 0.6 is 23.2 Å². The highest BCUT2D eigenvalue weighted by Gasteiger charge is 2.25. The van der Waals surface area contributed by atoms with Gasteiger partial charge in [-0.15, -0.1) is 0 Å². The monoisotopic (exact) mass is 1400 g/mol. The van der Waals surface area contributed by atoms with E-state index >= 15 is 0 Å². The van der Waals surface area contributed by atoms with Crippen molar-refractivity contribution in [2.45, 2.75) is 144 Å². The minimum absolute atomic E-state index is 0. The van der Waals surface area contributed by atoms with Crippen molar-refractivity contribution >= 4 is 86.6 Å². The molecule has 4 saturated heterocycles. The van der Waals surface area contributed by atoms with Gasteiger partial charge in [-0.25, -0.2) is 19.3 Å². The lowest BCUT2D eigenvalue weighted by Crippen LogP contribution is -2.42. The first-order chi connectivity index (χ1) is 48.3. The zero-order valence-corrected chi connectivity index (χ0v) is 58.8. The lowest BCUT2D eigenvalue weighted by Gasteiger charge is -2.27. The SMILES string of the molecule is C.C1CNCCN1.CCc1nc2c(cnn2CC)c(NC2CCOCC2)c1CNC(=O)CC(=O)NCc1ccc(Cl)c(-c2cccc(C=O)c2)c1.CCc1nc2c(cnn2CC)c(NC2CCOCC2)c1CNC(=O)CC(=O)NCc1ccc(Cl)c(-c2cccc(CN3CCNCC3)c2)c1. The molecule has 8 heterocycles. The molecule has 4 fully saturated rings. The van der Waals surface area contributed by atoms with Crippen molar-refractivity contribution in [1.82, 2.24) is 71.6 Å². The zero-order valence-electron chi connectivity index (χ0n) is 57.3. The highest BCUT2D eigenvalue weighted by Crippen LogP contribution is 2.35. The number of hydrogen-bond donors (Lipinski definition) is 9. The van der Waals surface area contributed by atoms with E-state index in [1.165, 1.54) is 5.56 Å². The van der Waals surface area contributed by atoms with E-state index in [9.17, 15) is 24.0 Å². The number of piperazine rings is 2. The number of carbonyl (C=O) groups is 5. The Morgan fingerprint density at radius 2 is 0.970 bits per heavy atom. The number of fused-ring (bicyclic) bond motifs is 2. The van der Waals surface area contributed by atoms with Gasteiger partial charge in [-0.1, -0.05) is 93.0 Å². The Bertz CT molecular complexity index is 4040. The predicted octanol–water partition coefficient (Wildman–Crippen LogP) is 9.53. The van der Waals surface area contributed by atoms with Crippen molar-refractivity contribution in [2.24, 2.45) is 0 Å². The van der Waals surface area contributed by atoms with Crippen molar-refractivity contribution in [3.8, 4) is 22.3 Å². The Kier molecular flexibility index (Phi) is 29.1. The number of ether oxygens (including phenoxy) is 2. The van der Waals surface area contributed by atoms with Crippen molar-refractivity contribution in [1.29, 1.82) is 0 Å². The van der Waals surface area contributed by atoms with E-state index in [1.807, 2.05) is 78.9 Å². The fourth-order valence-electron chi connectivity index (χ4n) is 12.7. The standard InChI is InChI=1S/C37H47ClN8O3.C33H37ClN6O4.C4H10N2.CH4/c1-3-33-30(36(43-28-10-16-49-17-11-28)31-23-42-46(4-2)37(31)44-33)22-41-35(48)20-34(47)40-21-25-8-9-32(38)29(19-25)27-7-5-6-26(18-27)24-45-14-12-39-13-15-45;1-3-29-26(32(38-24-10-12-44-13-11-24)27-19-37-40(4-2)33(27)39-29)18-36-31(43)16-30(42)35-17-21-8-9-28(34)25(15-21)23-7-5-6-22(14-23)20-41;1-2-6-4-3-5-1;/h5-9,18-19,23,28,39H,3-4,10-17,20-22,24H2,1-2H3,(H,40,47)(H,41,48)(H,43,44);5-9,14-15,19-20,24H,3-4,10-13,16-18H2,1-2H3,(H,35,42)(H,36,43)(H,38,39);5-6H,1-4H2;1H4. The molecule has 4 aromatic heterocycles. The summed E-state index contributed by atoms with van der Waals surface area (Å²) in [6.07, 6.45) is 8.83. The molecule has 0 bridgehead atoms. The van der Waals surface area contributed by atoms with E-state index in [4.69, 9.17) is 42.6 Å². The van der Waals surface area contributed by atoms with Crippen molar-refractivity contribution < 1.29 is 33.4 Å². The minimum atomic E-state index is -0.393. The Hall–Kier alpha value is -8.39. The normalized spacial score (nSPS) is 15.1. The van der Waals surface area contributed by atoms with Crippen LogP contribution < -0.4 is 47.9 Å². The van der Waals surface area contributed by atoms with Crippen LogP contribution in [0.4, 0.5) is 11.4 Å². The first-order valence-electron chi connectivity index (χ1n) is 34.9. The molecule has 0 atom stereocenters. The van der Waals surface area contributed by atoms with Gasteiger partial charge in [-0.3, -0.25) is 28.9 Å². The third-order valence-corrected chi connectivity index (χ3v) is 18.8. The van der Waals surface area contributed by atoms with E-state index < -0.39 is 5.91 Å². The first kappa shape index (κ1) is 75.8. The molecule has 12 rings (SSSR count). The van der Waals surface area contributed by atoms with Crippen LogP contribution in [0.1, 0.15) is 123 Å². The van der Waals surface area contributed by atoms with Crippen molar-refractivity contribution in [3.63, 3.8) is 0 Å². The molecule has 25 heteroatoms. The third kappa shape index (κ3) is 20.9. The van der Waals surface area contributed by atoms with Gasteiger partial charge in [0.05, 0.1) is 34.5 Å². The van der Waals surface area contributed by atoms with Gasteiger partial charge in [0.25, 0.3) is 0 Å². The number of halogens is 2. The van der Waals surface area contributed by atoms with Crippen LogP contribution in [0.15, 0.2) is 97.3 Å². The van der Waals surface area contributed by atoms with Gasteiger partial charge in [0.2, 0.25) is 23.6 Å². The quantitative estimate of drug-likeness (QED) is 0.0190. The highest BCUT2D eigenvalue weighted by molar-refractivity contribution is 6.33. The number of rotatable bonds is 25. The Morgan fingerprint density at radius 3 is 1.40 bits per heavy atom. The summed E-state index contributed by atoms with van der Waals surface area (Å²) < 4.78 is 14.9. The summed E-state index contributed by atoms with van der Waals surface area (Å²) >= 11 is 13.1. The van der Waals surface area contributed by atoms with Crippen LogP contribution in [-0.2, 0) is 87.3 Å². The van der Waals surface area contributed by atoms with Crippen molar-refractivity contribution in [2.75, 3.05) is 89.4 Å². The van der Waals surface area contributed by atoms with Gasteiger partial charge in [0, 0.05) is 186 Å². The minimum Gasteiger partial charge on any atom is -0.381 e. The second-order valence-corrected chi connectivity index (χ2v) is 25.9. The van der Waals surface area contributed by atoms with Crippen LogP contribution in [0, 0.1) is 0 Å². The summed E-state index contributed by atoms with van der Waals surface area (Å²) in [5.41, 5.74) is 14.2. The molecule has 0 saturated carbocycles. The molecule has 4 aliphatic heterocycles. The van der Waals surface area contributed by atoms with Crippen LogP contribution in [0.25, 0.3) is 44.3 Å². The Morgan fingerprint density at radius 1 is 0.540 bits per heavy atom. The molecular formula is C75H98Cl2N16O7. The fourth-order valence-corrected chi connectivity index (χ4v) is 13.1. The molecule has 9 N–H and O–H groups in total. The number of amides is 4. The number of aromatic nitrogens is 6. The molecule has 0 spiro atoms. The summed E-state index contributed by atoms with van der Waals surface area (Å²) in [4.78, 5) is 75.1. The largest absolute Gasteiger partial charge is 0.381 e. The lowest BCUT2D eigenvalue weighted by atomic mass is 10.0. The average Bonchev–Trinajstić information content (AvgIpc) is 1.59. The third-order valence-electron chi connectivity index (χ3n) is 18.1. The number of nitrogens with zero attached hydrogens (tertiary/aromatic N) is 7. The van der Waals surface area contributed by atoms with Gasteiger partial charge >= 0.3 is 0 Å². The molecule has 4 amide bonds. The average molecular weight is 1410 g/mol. The van der Waals surface area contributed by atoms with Crippen LogP contribution in [0.3, 0.4) is 0 Å². The van der Waals surface area contributed by atoms with E-state index in [2.05, 4.69) is 94.1 Å². The number of anilines is 2. The van der Waals surface area contributed by atoms with Gasteiger partial charge in [0.1, 0.15) is 19.1 Å². The number of carbonyl (C=O) groups excluding carboxylic acids is 5. The second-order valence-electron chi connectivity index (χ2n) is 25.0. The van der Waals surface area contributed by atoms with Crippen LogP contribution in [-0.4, -0.2) is 155 Å². The fraction of sp³-hybridized carbons (Fsp3) is 0.453. The molecule has 100 heavy (non-hydrogen) atoms. The number of aldehydes is 1. The second kappa shape index (κ2) is 38.4. The summed E-state index contributed by atoms with van der Waals surface area (Å²) in [5, 5.41) is 41.1. The maximum atomic E-state index is 13.0. The summed E-state index contributed by atoms with van der Waals surface area (Å²) in [6, 6.07) is 27.3. The number of benzene rings is 4. The number of hydrogen-bond acceptors (Lipinski definition) is 17. The van der Waals surface area contributed by atoms with E-state index in [1.54, 1.807) is 24.3 Å². The van der Waals surface area contributed by atoms with Crippen LogP contribution in [0.5, 0.6) is 0 Å². The molecule has 4 aliphatic rings. The predicted molar refractivity (Wildman–Crippen MR) is 396 cm³/mol. The maximum Gasteiger partial charge on any atom is 0.229 e. The number of nitrogens with one attached hydrogen (secondary N) is 9. The first-order valence-corrected chi connectivity index (χ1v) is 35.6. The summed E-state index contributed by atoms with van der Waals surface area (Å²) in [7, 11) is 0. The molecule has 4 aromatic carbocycles. The van der Waals surface area contributed by atoms with E-state index in [0.29, 0.717) is 68.0 Å². The molecular weight excluding hydrogens is 1310 g/mol. The van der Waals surface area contributed by atoms with E-state index in [0.717, 1.165) is 180 Å². The molecule has 0 unspecified atom stereocenters. The molecule has 0 radical (unpaired) electrons. The molecule has 0 aliphatic carbocycles. The van der Waals surface area contributed by atoms with Crippen LogP contribution in [0.2, 0.25) is 10.0 Å². The number of pyridine rings is 2. The smallest absolute Gasteiger partial charge is 0.229 e. The zero-order chi connectivity index (χ0) is 69.5. The van der Waals surface area contributed by atoms with Gasteiger partial charge in [0.15, 0.2) is 11.3 Å². The molecule has 8 aromatic rings. The summed E-state index contributed by atoms with van der Waals surface area (Å²) in [5.74, 6) is -1.47. The van der Waals surface area contributed by atoms with Gasteiger partial charge < -0.3 is 57.3 Å². The Labute approximate surface area is 596 Å². The van der Waals surface area contributed by atoms with Crippen molar-refractivity contribution in [3.05, 3.63) is 152 Å². The number of aryl methyl sites for hydroxylation is 4. The van der Waals surface area contributed by atoms with Gasteiger partial charge in [-0.2, -0.15) is 10.2 Å². The summed E-state index contributed by atoms with van der Waals surface area (Å²) in [6.45, 7) is 23.0. The molecule has 534 valence electrons.